The van der Waals surface area contributed by atoms with E-state index < -0.39 is 0 Å². The number of aliphatic hydroxyl groups excluding tert-OH is 1. The van der Waals surface area contributed by atoms with Crippen LogP contribution in [0.15, 0.2) is 24.3 Å². The van der Waals surface area contributed by atoms with E-state index in [1.807, 2.05) is 0 Å². The molecule has 1 aliphatic heterocycles. The van der Waals surface area contributed by atoms with Crippen molar-refractivity contribution in [3.63, 3.8) is 0 Å². The maximum Gasteiger partial charge on any atom is 0.123 e. The van der Waals surface area contributed by atoms with E-state index in [-0.39, 0.29) is 18.0 Å². The zero-order chi connectivity index (χ0) is 11.4. The van der Waals surface area contributed by atoms with E-state index in [9.17, 15) is 9.50 Å². The minimum absolute atomic E-state index is 0.139. The van der Waals surface area contributed by atoms with Crippen LogP contribution in [0.4, 0.5) is 4.39 Å². The number of rotatable bonds is 4. The van der Waals surface area contributed by atoms with E-state index in [2.05, 4.69) is 10.6 Å². The molecule has 3 nitrogen and oxygen atoms in total. The Hall–Kier alpha value is -0.970. The summed E-state index contributed by atoms with van der Waals surface area (Å²) in [4.78, 5) is 0. The Morgan fingerprint density at radius 2 is 2.06 bits per heavy atom. The smallest absolute Gasteiger partial charge is 0.123 e. The molecule has 88 valence electrons. The van der Waals surface area contributed by atoms with Crippen molar-refractivity contribution in [3.05, 3.63) is 35.6 Å². The first kappa shape index (κ1) is 11.5. The molecular formula is C12H17FN2O. The highest BCUT2D eigenvalue weighted by atomic mass is 19.1. The topological polar surface area (TPSA) is 44.3 Å². The fraction of sp³-hybridized carbons (Fsp3) is 0.500. The van der Waals surface area contributed by atoms with Crippen molar-refractivity contribution in [3.8, 4) is 0 Å². The molecule has 0 bridgehead atoms. The summed E-state index contributed by atoms with van der Waals surface area (Å²) in [5.41, 5.74) is 1.11. The molecule has 1 fully saturated rings. The van der Waals surface area contributed by atoms with Crippen LogP contribution in [0, 0.1) is 5.82 Å². The third-order valence-corrected chi connectivity index (χ3v) is 2.92. The number of benzene rings is 1. The quantitative estimate of drug-likeness (QED) is 0.689. The third kappa shape index (κ3) is 3.01. The average molecular weight is 224 g/mol. The Balaban J connectivity index is 1.73. The predicted molar refractivity (Wildman–Crippen MR) is 60.8 cm³/mol. The first-order valence-corrected chi connectivity index (χ1v) is 5.62. The van der Waals surface area contributed by atoms with Gasteiger partial charge in [0, 0.05) is 19.1 Å². The van der Waals surface area contributed by atoms with Crippen LogP contribution < -0.4 is 10.6 Å². The van der Waals surface area contributed by atoms with Crippen molar-refractivity contribution < 1.29 is 9.50 Å². The third-order valence-electron chi connectivity index (χ3n) is 2.92. The second-order valence-corrected chi connectivity index (χ2v) is 4.16. The summed E-state index contributed by atoms with van der Waals surface area (Å²) in [5, 5.41) is 16.0. The SMILES string of the molecule is O[C@@H]1CNC[C@H]1NCCc1ccc(F)cc1. The Labute approximate surface area is 94.7 Å². The molecule has 3 N–H and O–H groups in total. The molecule has 0 aliphatic carbocycles. The minimum atomic E-state index is -0.298. The van der Waals surface area contributed by atoms with Crippen LogP contribution in [0.5, 0.6) is 0 Å². The Morgan fingerprint density at radius 1 is 1.31 bits per heavy atom. The lowest BCUT2D eigenvalue weighted by Crippen LogP contribution is -2.40. The second kappa shape index (κ2) is 5.39. The van der Waals surface area contributed by atoms with Gasteiger partial charge >= 0.3 is 0 Å². The lowest BCUT2D eigenvalue weighted by molar-refractivity contribution is 0.163. The zero-order valence-electron chi connectivity index (χ0n) is 9.12. The Morgan fingerprint density at radius 3 is 2.69 bits per heavy atom. The molecule has 1 aromatic rings. The molecule has 1 saturated heterocycles. The van der Waals surface area contributed by atoms with Gasteiger partial charge in [0.05, 0.1) is 6.10 Å². The van der Waals surface area contributed by atoms with Gasteiger partial charge < -0.3 is 15.7 Å². The summed E-state index contributed by atoms with van der Waals surface area (Å²) in [7, 11) is 0. The minimum Gasteiger partial charge on any atom is -0.390 e. The molecule has 0 saturated carbocycles. The van der Waals surface area contributed by atoms with Gasteiger partial charge in [-0.05, 0) is 30.7 Å². The zero-order valence-corrected chi connectivity index (χ0v) is 9.12. The van der Waals surface area contributed by atoms with Gasteiger partial charge in [0.2, 0.25) is 0 Å². The fourth-order valence-electron chi connectivity index (χ4n) is 1.93. The number of aliphatic hydroxyl groups is 1. The van der Waals surface area contributed by atoms with Gasteiger partial charge in [-0.2, -0.15) is 0 Å². The van der Waals surface area contributed by atoms with Crippen molar-refractivity contribution in [2.24, 2.45) is 0 Å². The van der Waals surface area contributed by atoms with Gasteiger partial charge in [0.25, 0.3) is 0 Å². The highest BCUT2D eigenvalue weighted by Gasteiger charge is 2.23. The summed E-state index contributed by atoms with van der Waals surface area (Å²) in [5.74, 6) is -0.202. The van der Waals surface area contributed by atoms with Gasteiger partial charge in [-0.3, -0.25) is 0 Å². The molecule has 1 aliphatic rings. The van der Waals surface area contributed by atoms with Crippen molar-refractivity contribution in [2.45, 2.75) is 18.6 Å². The van der Waals surface area contributed by atoms with Gasteiger partial charge in [0.15, 0.2) is 0 Å². The molecule has 0 amide bonds. The summed E-state index contributed by atoms with van der Waals surface area (Å²) in [6, 6.07) is 6.67. The molecule has 16 heavy (non-hydrogen) atoms. The molecule has 1 heterocycles. The van der Waals surface area contributed by atoms with Crippen LogP contribution in [0.25, 0.3) is 0 Å². The van der Waals surface area contributed by atoms with Crippen molar-refractivity contribution >= 4 is 0 Å². The van der Waals surface area contributed by atoms with Gasteiger partial charge in [-0.1, -0.05) is 12.1 Å². The monoisotopic (exact) mass is 224 g/mol. The second-order valence-electron chi connectivity index (χ2n) is 4.16. The molecule has 2 rings (SSSR count). The summed E-state index contributed by atoms with van der Waals surface area (Å²) >= 11 is 0. The van der Waals surface area contributed by atoms with E-state index >= 15 is 0 Å². The van der Waals surface area contributed by atoms with E-state index in [0.717, 1.165) is 25.1 Å². The van der Waals surface area contributed by atoms with Crippen molar-refractivity contribution in [2.75, 3.05) is 19.6 Å². The Kier molecular flexibility index (Phi) is 3.88. The van der Waals surface area contributed by atoms with Crippen molar-refractivity contribution in [1.82, 2.24) is 10.6 Å². The maximum absolute atomic E-state index is 12.6. The van der Waals surface area contributed by atoms with Crippen LogP contribution >= 0.6 is 0 Å². The number of hydrogen-bond donors (Lipinski definition) is 3. The van der Waals surface area contributed by atoms with Crippen LogP contribution in [0.2, 0.25) is 0 Å². The van der Waals surface area contributed by atoms with Crippen LogP contribution in [0.3, 0.4) is 0 Å². The highest BCUT2D eigenvalue weighted by molar-refractivity contribution is 5.16. The average Bonchev–Trinajstić information content (AvgIpc) is 2.68. The van der Waals surface area contributed by atoms with E-state index in [1.165, 1.54) is 12.1 Å². The highest BCUT2D eigenvalue weighted by Crippen LogP contribution is 2.04. The number of halogens is 1. The lowest BCUT2D eigenvalue weighted by Gasteiger charge is -2.15. The van der Waals surface area contributed by atoms with E-state index in [0.29, 0.717) is 6.54 Å². The molecule has 0 spiro atoms. The summed E-state index contributed by atoms with van der Waals surface area (Å²) < 4.78 is 12.6. The largest absolute Gasteiger partial charge is 0.390 e. The molecule has 4 heteroatoms. The molecule has 0 radical (unpaired) electrons. The van der Waals surface area contributed by atoms with Crippen molar-refractivity contribution in [1.29, 1.82) is 0 Å². The molecule has 0 aromatic heterocycles. The maximum atomic E-state index is 12.6. The van der Waals surface area contributed by atoms with Gasteiger partial charge in [0.1, 0.15) is 5.82 Å². The van der Waals surface area contributed by atoms with Gasteiger partial charge in [-0.25, -0.2) is 4.39 Å². The Bertz CT molecular complexity index is 328. The number of β-amino-alcohol motifs (C(OH)–C–C–N with tert-alkyl or cyclic N) is 1. The first-order chi connectivity index (χ1) is 7.75. The van der Waals surface area contributed by atoms with Crippen LogP contribution in [-0.4, -0.2) is 36.9 Å². The van der Waals surface area contributed by atoms with E-state index in [4.69, 9.17) is 0 Å². The van der Waals surface area contributed by atoms with Crippen LogP contribution in [-0.2, 0) is 6.42 Å². The normalized spacial score (nSPS) is 24.9. The number of hydrogen-bond acceptors (Lipinski definition) is 3. The predicted octanol–water partition coefficient (Wildman–Crippen LogP) is 0.290. The lowest BCUT2D eigenvalue weighted by atomic mass is 10.1. The van der Waals surface area contributed by atoms with E-state index in [1.54, 1.807) is 12.1 Å². The molecule has 2 atom stereocenters. The molecule has 0 unspecified atom stereocenters. The summed E-state index contributed by atoms with van der Waals surface area (Å²) in [6.07, 6.45) is 0.553. The first-order valence-electron chi connectivity index (χ1n) is 5.62. The standard InChI is InChI=1S/C12H17FN2O/c13-10-3-1-9(2-4-10)5-6-15-11-7-14-8-12(11)16/h1-4,11-12,14-16H,5-8H2/t11-,12-/m1/s1. The number of nitrogens with one attached hydrogen (secondary N) is 2. The molecule has 1 aromatic carbocycles. The molecular weight excluding hydrogens is 207 g/mol. The van der Waals surface area contributed by atoms with Crippen LogP contribution in [0.1, 0.15) is 5.56 Å². The summed E-state index contributed by atoms with van der Waals surface area (Å²) in [6.45, 7) is 2.27. The van der Waals surface area contributed by atoms with Gasteiger partial charge in [-0.15, -0.1) is 0 Å². The fourth-order valence-corrected chi connectivity index (χ4v) is 1.93.